The summed E-state index contributed by atoms with van der Waals surface area (Å²) in [5, 5.41) is 3.69. The van der Waals surface area contributed by atoms with Crippen molar-refractivity contribution in [3.8, 4) is 5.75 Å². The van der Waals surface area contributed by atoms with Gasteiger partial charge in [0.25, 0.3) is 5.91 Å². The van der Waals surface area contributed by atoms with Crippen LogP contribution in [-0.2, 0) is 11.3 Å². The molecule has 2 aromatic heterocycles. The highest BCUT2D eigenvalue weighted by molar-refractivity contribution is 5.82. The molecule has 0 aliphatic heterocycles. The molecule has 30 heavy (non-hydrogen) atoms. The lowest BCUT2D eigenvalue weighted by molar-refractivity contribution is -0.123. The number of para-hydroxylation sites is 2. The Balaban J connectivity index is 1.42. The summed E-state index contributed by atoms with van der Waals surface area (Å²) in [6, 6.07) is 14.8. The fourth-order valence-electron chi connectivity index (χ4n) is 3.57. The number of hydrogen-bond donors (Lipinski definition) is 1. The highest BCUT2D eigenvalue weighted by atomic mass is 16.5. The van der Waals surface area contributed by atoms with E-state index in [9.17, 15) is 9.59 Å². The molecule has 0 aliphatic carbocycles. The van der Waals surface area contributed by atoms with Crippen molar-refractivity contribution in [2.75, 3.05) is 6.61 Å². The Morgan fingerprint density at radius 1 is 1.20 bits per heavy atom. The van der Waals surface area contributed by atoms with Gasteiger partial charge in [-0.05, 0) is 50.6 Å². The van der Waals surface area contributed by atoms with E-state index < -0.39 is 5.63 Å². The third kappa shape index (κ3) is 3.91. The molecule has 7 nitrogen and oxygen atoms in total. The molecule has 7 heteroatoms. The van der Waals surface area contributed by atoms with Gasteiger partial charge in [0, 0.05) is 23.6 Å². The van der Waals surface area contributed by atoms with Crippen molar-refractivity contribution in [2.24, 2.45) is 0 Å². The molecular formula is C23H23N3O4. The molecule has 0 saturated carbocycles. The Hall–Kier alpha value is -3.61. The van der Waals surface area contributed by atoms with Crippen LogP contribution in [0.2, 0.25) is 0 Å². The number of hydrogen-bond acceptors (Lipinski definition) is 5. The molecule has 0 atom stereocenters. The molecule has 1 amide bonds. The van der Waals surface area contributed by atoms with Crippen molar-refractivity contribution in [3.05, 3.63) is 70.3 Å². The van der Waals surface area contributed by atoms with E-state index in [4.69, 9.17) is 9.15 Å². The van der Waals surface area contributed by atoms with E-state index in [-0.39, 0.29) is 18.6 Å². The molecule has 1 N–H and O–H groups in total. The number of carbonyl (C=O) groups excluding carboxylic acids is 1. The van der Waals surface area contributed by atoms with Gasteiger partial charge in [-0.25, -0.2) is 9.78 Å². The largest absolute Gasteiger partial charge is 0.484 e. The van der Waals surface area contributed by atoms with Crippen LogP contribution in [0.15, 0.2) is 57.7 Å². The number of nitrogens with zero attached hydrogens (tertiary/aromatic N) is 2. The summed E-state index contributed by atoms with van der Waals surface area (Å²) in [5.74, 6) is 0.992. The molecule has 2 heterocycles. The predicted octanol–water partition coefficient (Wildman–Crippen LogP) is 3.73. The second-order valence-electron chi connectivity index (χ2n) is 7.45. The molecular weight excluding hydrogens is 382 g/mol. The number of aryl methyl sites for hydroxylation is 1. The molecule has 0 spiro atoms. The summed E-state index contributed by atoms with van der Waals surface area (Å²) in [4.78, 5) is 28.5. The van der Waals surface area contributed by atoms with Gasteiger partial charge in [0.2, 0.25) is 0 Å². The van der Waals surface area contributed by atoms with Crippen LogP contribution in [0, 0.1) is 6.92 Å². The number of ether oxygens (including phenoxy) is 1. The maximum atomic E-state index is 12.3. The number of nitrogens with one attached hydrogen (secondary N) is 1. The first kappa shape index (κ1) is 19.7. The Bertz CT molecular complexity index is 1290. The van der Waals surface area contributed by atoms with Crippen molar-refractivity contribution in [2.45, 2.75) is 33.4 Å². The summed E-state index contributed by atoms with van der Waals surface area (Å²) in [5.41, 5.74) is 2.80. The lowest BCUT2D eigenvalue weighted by atomic mass is 10.1. The van der Waals surface area contributed by atoms with Gasteiger partial charge in [-0.15, -0.1) is 0 Å². The van der Waals surface area contributed by atoms with E-state index in [1.165, 1.54) is 6.07 Å². The maximum absolute atomic E-state index is 12.3. The average molecular weight is 405 g/mol. The van der Waals surface area contributed by atoms with E-state index >= 15 is 0 Å². The summed E-state index contributed by atoms with van der Waals surface area (Å²) in [7, 11) is 0. The molecule has 4 rings (SSSR count). The topological polar surface area (TPSA) is 86.4 Å². The van der Waals surface area contributed by atoms with Crippen LogP contribution < -0.4 is 15.7 Å². The Labute approximate surface area is 173 Å². The minimum absolute atomic E-state index is 0.149. The van der Waals surface area contributed by atoms with Gasteiger partial charge < -0.3 is 19.0 Å². The van der Waals surface area contributed by atoms with E-state index in [1.807, 2.05) is 37.3 Å². The number of aromatic nitrogens is 2. The van der Waals surface area contributed by atoms with Crippen LogP contribution in [0.25, 0.3) is 22.0 Å². The smallest absolute Gasteiger partial charge is 0.336 e. The van der Waals surface area contributed by atoms with Crippen molar-refractivity contribution in [3.63, 3.8) is 0 Å². The van der Waals surface area contributed by atoms with Crippen LogP contribution in [0.5, 0.6) is 5.75 Å². The van der Waals surface area contributed by atoms with Crippen LogP contribution in [0.4, 0.5) is 0 Å². The lowest BCUT2D eigenvalue weighted by Crippen LogP contribution is -2.29. The molecule has 0 bridgehead atoms. The third-order valence-corrected chi connectivity index (χ3v) is 4.92. The molecule has 0 saturated heterocycles. The van der Waals surface area contributed by atoms with Crippen LogP contribution in [0.3, 0.4) is 0 Å². The minimum Gasteiger partial charge on any atom is -0.484 e. The highest BCUT2D eigenvalue weighted by Gasteiger charge is 2.14. The zero-order valence-corrected chi connectivity index (χ0v) is 17.1. The van der Waals surface area contributed by atoms with Gasteiger partial charge in [0.15, 0.2) is 6.61 Å². The normalized spacial score (nSPS) is 11.3. The van der Waals surface area contributed by atoms with E-state index in [2.05, 4.69) is 28.7 Å². The van der Waals surface area contributed by atoms with Gasteiger partial charge in [-0.3, -0.25) is 4.79 Å². The van der Waals surface area contributed by atoms with E-state index in [0.717, 1.165) is 27.8 Å². The van der Waals surface area contributed by atoms with Crippen LogP contribution >= 0.6 is 0 Å². The summed E-state index contributed by atoms with van der Waals surface area (Å²) < 4.78 is 12.9. The van der Waals surface area contributed by atoms with Gasteiger partial charge in [0.05, 0.1) is 17.6 Å². The van der Waals surface area contributed by atoms with Gasteiger partial charge >= 0.3 is 5.63 Å². The maximum Gasteiger partial charge on any atom is 0.336 e. The van der Waals surface area contributed by atoms with E-state index in [1.54, 1.807) is 12.1 Å². The second-order valence-corrected chi connectivity index (χ2v) is 7.45. The molecule has 2 aromatic carbocycles. The molecule has 0 aliphatic rings. The second kappa shape index (κ2) is 8.02. The monoisotopic (exact) mass is 405 g/mol. The number of fused-ring (bicyclic) bond motifs is 2. The number of amides is 1. The van der Waals surface area contributed by atoms with Gasteiger partial charge in [-0.2, -0.15) is 0 Å². The Morgan fingerprint density at radius 2 is 2.00 bits per heavy atom. The fraction of sp³-hybridized carbons (Fsp3) is 0.261. The van der Waals surface area contributed by atoms with Gasteiger partial charge in [0.1, 0.15) is 17.2 Å². The number of imidazole rings is 1. The number of benzene rings is 2. The summed E-state index contributed by atoms with van der Waals surface area (Å²) in [6.45, 7) is 6.17. The third-order valence-electron chi connectivity index (χ3n) is 4.92. The minimum atomic E-state index is -0.414. The zero-order chi connectivity index (χ0) is 21.3. The predicted molar refractivity (Wildman–Crippen MR) is 115 cm³/mol. The average Bonchev–Trinajstić information content (AvgIpc) is 3.09. The van der Waals surface area contributed by atoms with Crippen molar-refractivity contribution < 1.29 is 13.9 Å². The lowest BCUT2D eigenvalue weighted by Gasteiger charge is -2.13. The van der Waals surface area contributed by atoms with Crippen molar-refractivity contribution in [1.29, 1.82) is 0 Å². The molecule has 0 fully saturated rings. The quantitative estimate of drug-likeness (QED) is 0.494. The molecule has 0 unspecified atom stereocenters. The highest BCUT2D eigenvalue weighted by Crippen LogP contribution is 2.22. The Morgan fingerprint density at radius 3 is 2.80 bits per heavy atom. The van der Waals surface area contributed by atoms with Crippen molar-refractivity contribution in [1.82, 2.24) is 14.9 Å². The summed E-state index contributed by atoms with van der Waals surface area (Å²) >= 11 is 0. The summed E-state index contributed by atoms with van der Waals surface area (Å²) in [6.07, 6.45) is 0. The van der Waals surface area contributed by atoms with Gasteiger partial charge in [-0.1, -0.05) is 12.1 Å². The first-order chi connectivity index (χ1) is 14.4. The number of carbonyl (C=O) groups is 1. The first-order valence-corrected chi connectivity index (χ1v) is 9.82. The molecule has 4 aromatic rings. The SMILES string of the molecule is Cc1cc(=O)oc2cc(OCC(=O)NCc3nc4ccccc4n3C(C)C)ccc12. The molecule has 154 valence electrons. The van der Waals surface area contributed by atoms with Crippen molar-refractivity contribution >= 4 is 27.9 Å². The first-order valence-electron chi connectivity index (χ1n) is 9.82. The van der Waals surface area contributed by atoms with Crippen LogP contribution in [-0.4, -0.2) is 22.1 Å². The number of rotatable bonds is 6. The fourth-order valence-corrected chi connectivity index (χ4v) is 3.57. The van der Waals surface area contributed by atoms with Crippen LogP contribution in [0.1, 0.15) is 31.3 Å². The Kier molecular flexibility index (Phi) is 5.27. The zero-order valence-electron chi connectivity index (χ0n) is 17.1. The standard InChI is InChI=1S/C23H23N3O4/c1-14(2)26-19-7-5-4-6-18(19)25-21(26)12-24-22(27)13-29-16-8-9-17-15(3)10-23(28)30-20(17)11-16/h4-11,14H,12-13H2,1-3H3,(H,24,27). The molecule has 0 radical (unpaired) electrons. The van der Waals surface area contributed by atoms with E-state index in [0.29, 0.717) is 17.9 Å².